The van der Waals surface area contributed by atoms with E-state index in [1.165, 1.54) is 12.8 Å². The van der Waals surface area contributed by atoms with Gasteiger partial charge in [-0.3, -0.25) is 9.69 Å². The highest BCUT2D eigenvalue weighted by molar-refractivity contribution is 6.30. The van der Waals surface area contributed by atoms with Crippen molar-refractivity contribution in [2.45, 2.75) is 6.54 Å². The number of nitrogens with zero attached hydrogens (tertiary/aromatic N) is 2. The van der Waals surface area contributed by atoms with Crippen LogP contribution in [-0.4, -0.2) is 38.2 Å². The van der Waals surface area contributed by atoms with Crippen molar-refractivity contribution in [3.05, 3.63) is 69.3 Å². The van der Waals surface area contributed by atoms with Crippen molar-refractivity contribution in [1.29, 1.82) is 0 Å². The summed E-state index contributed by atoms with van der Waals surface area (Å²) in [7, 11) is 1.53. The molecule has 126 valence electrons. The smallest absolute Gasteiger partial charge is 0.224 e. The minimum atomic E-state index is -0.0253. The Labute approximate surface area is 147 Å². The number of piperazine rings is 1. The molecule has 2 aromatic carbocycles. The van der Waals surface area contributed by atoms with E-state index in [9.17, 15) is 4.79 Å². The van der Waals surface area contributed by atoms with Crippen LogP contribution in [0.5, 0.6) is 5.75 Å². The Hall–Kier alpha value is -2.04. The molecule has 0 saturated carbocycles. The fourth-order valence-electron chi connectivity index (χ4n) is 2.97. The Kier molecular flexibility index (Phi) is 5.38. The molecule has 0 unspecified atom stereocenters. The largest absolute Gasteiger partial charge is 0.493 e. The highest BCUT2D eigenvalue weighted by atomic mass is 35.5. The molecule has 24 heavy (non-hydrogen) atoms. The first-order valence-corrected chi connectivity index (χ1v) is 8.44. The molecule has 0 N–H and O–H groups in total. The highest BCUT2D eigenvalue weighted by Gasteiger charge is 2.18. The van der Waals surface area contributed by atoms with Crippen LogP contribution < -0.4 is 15.1 Å². The van der Waals surface area contributed by atoms with Crippen molar-refractivity contribution in [3.8, 4) is 5.75 Å². The number of anilines is 1. The second-order valence-corrected chi connectivity index (χ2v) is 6.32. The van der Waals surface area contributed by atoms with Crippen molar-refractivity contribution in [2.75, 3.05) is 38.2 Å². The van der Waals surface area contributed by atoms with E-state index < -0.39 is 0 Å². The van der Waals surface area contributed by atoms with E-state index in [0.717, 1.165) is 36.8 Å². The van der Waals surface area contributed by atoms with E-state index in [0.29, 0.717) is 12.3 Å². The van der Waals surface area contributed by atoms with Crippen LogP contribution in [-0.2, 0) is 6.54 Å². The van der Waals surface area contributed by atoms with Gasteiger partial charge in [0.2, 0.25) is 5.43 Å². The van der Waals surface area contributed by atoms with Crippen LogP contribution in [0.25, 0.3) is 0 Å². The number of hydrogen-bond acceptors (Lipinski definition) is 4. The van der Waals surface area contributed by atoms with Crippen LogP contribution in [0.1, 0.15) is 5.56 Å². The van der Waals surface area contributed by atoms with Crippen molar-refractivity contribution >= 4 is 17.3 Å². The van der Waals surface area contributed by atoms with Crippen molar-refractivity contribution in [1.82, 2.24) is 4.90 Å². The molecule has 1 heterocycles. The third kappa shape index (κ3) is 3.89. The molecule has 0 atom stereocenters. The third-order valence-electron chi connectivity index (χ3n) is 4.35. The summed E-state index contributed by atoms with van der Waals surface area (Å²) in [5, 5.41) is 0.756. The maximum atomic E-state index is 12.4. The van der Waals surface area contributed by atoms with Gasteiger partial charge in [0.25, 0.3) is 0 Å². The minimum Gasteiger partial charge on any atom is -0.493 e. The first-order valence-electron chi connectivity index (χ1n) is 8.06. The zero-order valence-electron chi connectivity index (χ0n) is 13.7. The summed E-state index contributed by atoms with van der Waals surface area (Å²) in [5.74, 6) is 0.398. The lowest BCUT2D eigenvalue weighted by molar-refractivity contribution is 0.249. The molecule has 0 radical (unpaired) electrons. The van der Waals surface area contributed by atoms with Gasteiger partial charge in [-0.2, -0.15) is 0 Å². The van der Waals surface area contributed by atoms with Crippen molar-refractivity contribution in [2.24, 2.45) is 0 Å². The average molecular weight is 345 g/mol. The Morgan fingerprint density at radius 2 is 1.67 bits per heavy atom. The van der Waals surface area contributed by atoms with Gasteiger partial charge in [-0.15, -0.1) is 0 Å². The standard InChI is InChI=1S/C19H21ClN2O2/c1-24-18-5-3-2-4-15(19(18)23)14-21-10-12-22(13-11-21)17-8-6-16(20)7-9-17/h2-9H,10-14H2,1H3. The fraction of sp³-hybridized carbons (Fsp3) is 0.316. The monoisotopic (exact) mass is 344 g/mol. The molecule has 0 bridgehead atoms. The van der Waals surface area contributed by atoms with Gasteiger partial charge in [0, 0.05) is 49.0 Å². The lowest BCUT2D eigenvalue weighted by Gasteiger charge is -2.36. The molecule has 0 amide bonds. The molecule has 1 fully saturated rings. The molecular weight excluding hydrogens is 324 g/mol. The summed E-state index contributed by atoms with van der Waals surface area (Å²) in [6.45, 7) is 4.36. The lowest BCUT2D eigenvalue weighted by atomic mass is 10.2. The summed E-state index contributed by atoms with van der Waals surface area (Å²) >= 11 is 5.95. The molecule has 0 spiro atoms. The Morgan fingerprint density at radius 3 is 2.33 bits per heavy atom. The van der Waals surface area contributed by atoms with Crippen LogP contribution in [0.15, 0.2) is 53.3 Å². The van der Waals surface area contributed by atoms with E-state index in [-0.39, 0.29) is 5.43 Å². The fourth-order valence-corrected chi connectivity index (χ4v) is 3.09. The van der Waals surface area contributed by atoms with Gasteiger partial charge >= 0.3 is 0 Å². The third-order valence-corrected chi connectivity index (χ3v) is 4.60. The molecule has 0 aliphatic carbocycles. The Bertz CT molecular complexity index is 741. The summed E-state index contributed by atoms with van der Waals surface area (Å²) in [4.78, 5) is 17.1. The van der Waals surface area contributed by atoms with Gasteiger partial charge in [-0.05, 0) is 30.3 Å². The van der Waals surface area contributed by atoms with E-state index >= 15 is 0 Å². The molecule has 2 aromatic rings. The number of hydrogen-bond donors (Lipinski definition) is 0. The summed E-state index contributed by atoms with van der Waals surface area (Å²) in [6, 6.07) is 15.3. The van der Waals surface area contributed by atoms with Gasteiger partial charge in [0.1, 0.15) is 0 Å². The lowest BCUT2D eigenvalue weighted by Crippen LogP contribution is -2.46. The molecule has 3 rings (SSSR count). The quantitative estimate of drug-likeness (QED) is 0.853. The second kappa shape index (κ2) is 7.69. The number of rotatable bonds is 4. The normalized spacial score (nSPS) is 15.3. The summed E-state index contributed by atoms with van der Waals surface area (Å²) in [6.07, 6.45) is 0. The van der Waals surface area contributed by atoms with E-state index in [4.69, 9.17) is 16.3 Å². The first-order chi connectivity index (χ1) is 11.7. The average Bonchev–Trinajstić information content (AvgIpc) is 2.78. The van der Waals surface area contributed by atoms with Crippen LogP contribution in [0.3, 0.4) is 0 Å². The second-order valence-electron chi connectivity index (χ2n) is 5.88. The molecule has 0 aromatic heterocycles. The van der Waals surface area contributed by atoms with Gasteiger partial charge < -0.3 is 9.64 Å². The van der Waals surface area contributed by atoms with E-state index in [1.807, 2.05) is 30.3 Å². The van der Waals surface area contributed by atoms with Gasteiger partial charge in [0.05, 0.1) is 7.11 Å². The van der Waals surface area contributed by atoms with Crippen molar-refractivity contribution in [3.63, 3.8) is 0 Å². The summed E-state index contributed by atoms with van der Waals surface area (Å²) < 4.78 is 5.17. The minimum absolute atomic E-state index is 0.0253. The molecule has 1 aliphatic rings. The van der Waals surface area contributed by atoms with Gasteiger partial charge in [-0.25, -0.2) is 0 Å². The number of ether oxygens (including phenoxy) is 1. The molecule has 5 heteroatoms. The molecule has 1 aliphatic heterocycles. The Balaban J connectivity index is 1.65. The number of halogens is 1. The van der Waals surface area contributed by atoms with Crippen LogP contribution >= 0.6 is 11.6 Å². The van der Waals surface area contributed by atoms with Crippen LogP contribution in [0, 0.1) is 0 Å². The van der Waals surface area contributed by atoms with Gasteiger partial charge in [-0.1, -0.05) is 29.8 Å². The number of benzene rings is 1. The highest BCUT2D eigenvalue weighted by Crippen LogP contribution is 2.20. The van der Waals surface area contributed by atoms with E-state index in [2.05, 4.69) is 21.9 Å². The Morgan fingerprint density at radius 1 is 1.00 bits per heavy atom. The summed E-state index contributed by atoms with van der Waals surface area (Å²) in [5.41, 5.74) is 1.94. The maximum Gasteiger partial charge on any atom is 0.224 e. The van der Waals surface area contributed by atoms with Gasteiger partial charge in [0.15, 0.2) is 5.75 Å². The first kappa shape index (κ1) is 16.8. The predicted molar refractivity (Wildman–Crippen MR) is 98.2 cm³/mol. The molecule has 4 nitrogen and oxygen atoms in total. The SMILES string of the molecule is COc1ccccc(CN2CCN(c3ccc(Cl)cc3)CC2)c1=O. The van der Waals surface area contributed by atoms with E-state index in [1.54, 1.807) is 6.07 Å². The number of methoxy groups -OCH3 is 1. The maximum absolute atomic E-state index is 12.4. The van der Waals surface area contributed by atoms with Crippen LogP contribution in [0.2, 0.25) is 5.02 Å². The topological polar surface area (TPSA) is 32.8 Å². The predicted octanol–water partition coefficient (Wildman–Crippen LogP) is 3.03. The molecule has 1 saturated heterocycles. The zero-order chi connectivity index (χ0) is 16.9. The van der Waals surface area contributed by atoms with Crippen molar-refractivity contribution < 1.29 is 4.74 Å². The van der Waals surface area contributed by atoms with Crippen LogP contribution in [0.4, 0.5) is 5.69 Å². The molecular formula is C19H21ClN2O2. The zero-order valence-corrected chi connectivity index (χ0v) is 14.5.